The van der Waals surface area contributed by atoms with Crippen molar-refractivity contribution in [2.24, 2.45) is 0 Å². The third kappa shape index (κ3) is 5.04. The van der Waals surface area contributed by atoms with Gasteiger partial charge in [-0.25, -0.2) is 8.42 Å². The number of benzene rings is 1. The van der Waals surface area contributed by atoms with Gasteiger partial charge in [0.25, 0.3) is 0 Å². The molecule has 1 rings (SSSR count). The van der Waals surface area contributed by atoms with E-state index in [-0.39, 0.29) is 45.8 Å². The molecule has 0 saturated heterocycles. The molecular formula is C14H21NaO4S. The van der Waals surface area contributed by atoms with E-state index in [1.54, 1.807) is 0 Å². The van der Waals surface area contributed by atoms with Gasteiger partial charge in [-0.15, -0.1) is 0 Å². The fourth-order valence-electron chi connectivity index (χ4n) is 2.35. The van der Waals surface area contributed by atoms with Gasteiger partial charge in [0.15, 0.2) is 0 Å². The van der Waals surface area contributed by atoms with Crippen LogP contribution in [0.2, 0.25) is 0 Å². The quantitative estimate of drug-likeness (QED) is 0.461. The minimum atomic E-state index is -4.58. The Morgan fingerprint density at radius 3 is 2.35 bits per heavy atom. The molecule has 108 valence electrons. The van der Waals surface area contributed by atoms with Crippen LogP contribution in [0.25, 0.3) is 0 Å². The summed E-state index contributed by atoms with van der Waals surface area (Å²) in [6, 6.07) is 4.07. The normalized spacial score (nSPS) is 12.0. The van der Waals surface area contributed by atoms with E-state index in [1.807, 2.05) is 13.8 Å². The smallest absolute Gasteiger partial charge is 0.744 e. The predicted octanol–water partition coefficient (Wildman–Crippen LogP) is 0.158. The molecule has 0 radical (unpaired) electrons. The topological polar surface area (TPSA) is 77.4 Å². The average Bonchev–Trinajstić information content (AvgIpc) is 2.27. The molecule has 0 fully saturated rings. The molecule has 0 atom stereocenters. The zero-order valence-electron chi connectivity index (χ0n) is 12.6. The number of phenols is 1. The molecule has 0 aromatic heterocycles. The molecular weight excluding hydrogens is 287 g/mol. The maximum atomic E-state index is 11.3. The van der Waals surface area contributed by atoms with Crippen molar-refractivity contribution in [1.29, 1.82) is 0 Å². The molecule has 0 spiro atoms. The van der Waals surface area contributed by atoms with Crippen LogP contribution in [0, 0.1) is 0 Å². The summed E-state index contributed by atoms with van der Waals surface area (Å²) < 4.78 is 33.9. The van der Waals surface area contributed by atoms with Crippen molar-refractivity contribution >= 4 is 10.1 Å². The third-order valence-electron chi connectivity index (χ3n) is 3.36. The van der Waals surface area contributed by atoms with Gasteiger partial charge in [0.05, 0.1) is 4.90 Å². The fraction of sp³-hybridized carbons (Fsp3) is 0.571. The van der Waals surface area contributed by atoms with Crippen molar-refractivity contribution in [1.82, 2.24) is 0 Å². The summed E-state index contributed by atoms with van der Waals surface area (Å²) >= 11 is 0. The van der Waals surface area contributed by atoms with Crippen LogP contribution < -0.4 is 29.6 Å². The number of rotatable bonds is 6. The van der Waals surface area contributed by atoms with Crippen LogP contribution in [0.1, 0.15) is 52.0 Å². The van der Waals surface area contributed by atoms with E-state index in [9.17, 15) is 18.1 Å². The Balaban J connectivity index is 0.00000361. The first-order valence-corrected chi connectivity index (χ1v) is 7.89. The summed E-state index contributed by atoms with van der Waals surface area (Å²) in [5, 5.41) is 9.94. The van der Waals surface area contributed by atoms with Gasteiger partial charge in [-0.05, 0) is 24.0 Å². The van der Waals surface area contributed by atoms with Crippen molar-refractivity contribution in [2.75, 3.05) is 0 Å². The van der Waals surface area contributed by atoms with Crippen LogP contribution in [-0.2, 0) is 15.5 Å². The van der Waals surface area contributed by atoms with Crippen LogP contribution in [0.4, 0.5) is 0 Å². The van der Waals surface area contributed by atoms with Crippen molar-refractivity contribution < 1.29 is 47.6 Å². The molecule has 20 heavy (non-hydrogen) atoms. The standard InChI is InChI=1S/C14H22O4S.Na/c1-4-5-6-10-14(2,3)13-11(15)8-7-9-12(13)19(16,17)18;/h7-9,15H,4-6,10H2,1-3H3,(H,16,17,18);/q;+1/p-1. The summed E-state index contributed by atoms with van der Waals surface area (Å²) in [7, 11) is -4.58. The minimum absolute atomic E-state index is 0. The Bertz CT molecular complexity index is 538. The molecule has 0 unspecified atom stereocenters. The number of hydrogen-bond acceptors (Lipinski definition) is 4. The van der Waals surface area contributed by atoms with Gasteiger partial charge >= 0.3 is 29.6 Å². The first-order chi connectivity index (χ1) is 8.70. The van der Waals surface area contributed by atoms with E-state index < -0.39 is 15.5 Å². The Morgan fingerprint density at radius 2 is 1.85 bits per heavy atom. The van der Waals surface area contributed by atoms with Gasteiger partial charge in [0.2, 0.25) is 0 Å². The molecule has 0 aliphatic carbocycles. The van der Waals surface area contributed by atoms with Crippen molar-refractivity contribution in [3.63, 3.8) is 0 Å². The molecule has 0 bridgehead atoms. The minimum Gasteiger partial charge on any atom is -0.744 e. The van der Waals surface area contributed by atoms with Gasteiger partial charge in [-0.1, -0.05) is 46.1 Å². The van der Waals surface area contributed by atoms with Crippen molar-refractivity contribution in [2.45, 2.75) is 56.8 Å². The molecule has 0 saturated carbocycles. The van der Waals surface area contributed by atoms with Gasteiger partial charge in [-0.2, -0.15) is 0 Å². The Kier molecular flexibility index (Phi) is 7.77. The second-order valence-electron chi connectivity index (χ2n) is 5.45. The van der Waals surface area contributed by atoms with Crippen LogP contribution in [-0.4, -0.2) is 18.1 Å². The molecule has 4 nitrogen and oxygen atoms in total. The number of hydrogen-bond donors (Lipinski definition) is 1. The SMILES string of the molecule is CCCCCC(C)(C)c1c(O)cccc1S(=O)(=O)[O-].[Na+]. The third-order valence-corrected chi connectivity index (χ3v) is 4.23. The predicted molar refractivity (Wildman–Crippen MR) is 73.2 cm³/mol. The summed E-state index contributed by atoms with van der Waals surface area (Å²) in [5.41, 5.74) is -0.311. The number of aromatic hydroxyl groups is 1. The monoisotopic (exact) mass is 308 g/mol. The Morgan fingerprint density at radius 1 is 1.25 bits per heavy atom. The second-order valence-corrected chi connectivity index (χ2v) is 6.79. The first kappa shape index (κ1) is 19.9. The Labute approximate surface area is 143 Å². The van der Waals surface area contributed by atoms with Crippen LogP contribution in [0.5, 0.6) is 5.75 Å². The molecule has 0 amide bonds. The van der Waals surface area contributed by atoms with Crippen molar-refractivity contribution in [3.05, 3.63) is 23.8 Å². The van der Waals surface area contributed by atoms with Crippen LogP contribution in [0.3, 0.4) is 0 Å². The summed E-state index contributed by atoms with van der Waals surface area (Å²) in [4.78, 5) is -0.311. The van der Waals surface area contributed by atoms with E-state index in [0.717, 1.165) is 25.7 Å². The summed E-state index contributed by atoms with van der Waals surface area (Å²) in [6.07, 6.45) is 3.75. The number of phenolic OH excluding ortho intramolecular Hbond substituents is 1. The number of unbranched alkanes of at least 4 members (excludes halogenated alkanes) is 2. The van der Waals surface area contributed by atoms with E-state index in [1.165, 1.54) is 18.2 Å². The van der Waals surface area contributed by atoms with Crippen LogP contribution >= 0.6 is 0 Å². The Hall–Kier alpha value is -0.0700. The average molecular weight is 308 g/mol. The van der Waals surface area contributed by atoms with Crippen LogP contribution in [0.15, 0.2) is 23.1 Å². The molecule has 0 heterocycles. The largest absolute Gasteiger partial charge is 1.00 e. The summed E-state index contributed by atoms with van der Waals surface area (Å²) in [5.74, 6) is -0.126. The molecule has 1 aromatic carbocycles. The maximum Gasteiger partial charge on any atom is 1.00 e. The first-order valence-electron chi connectivity index (χ1n) is 6.48. The van der Waals surface area contributed by atoms with Crippen molar-refractivity contribution in [3.8, 4) is 5.75 Å². The zero-order valence-corrected chi connectivity index (χ0v) is 15.5. The van der Waals surface area contributed by atoms with E-state index in [2.05, 4.69) is 6.92 Å². The summed E-state index contributed by atoms with van der Waals surface area (Å²) in [6.45, 7) is 5.79. The van der Waals surface area contributed by atoms with E-state index in [4.69, 9.17) is 0 Å². The second kappa shape index (κ2) is 7.80. The molecule has 6 heteroatoms. The molecule has 0 aliphatic rings. The van der Waals surface area contributed by atoms with Gasteiger partial charge < -0.3 is 9.66 Å². The molecule has 0 aliphatic heterocycles. The van der Waals surface area contributed by atoms with Gasteiger partial charge in [0.1, 0.15) is 15.9 Å². The molecule has 1 aromatic rings. The van der Waals surface area contributed by atoms with E-state index >= 15 is 0 Å². The maximum absolute atomic E-state index is 11.3. The zero-order chi connectivity index (χ0) is 14.7. The van der Waals surface area contributed by atoms with E-state index in [0.29, 0.717) is 0 Å². The van der Waals surface area contributed by atoms with Gasteiger partial charge in [0, 0.05) is 5.56 Å². The molecule has 1 N–H and O–H groups in total. The van der Waals surface area contributed by atoms with Gasteiger partial charge in [-0.3, -0.25) is 0 Å². The fourth-order valence-corrected chi connectivity index (χ4v) is 3.23.